The largest absolute Gasteiger partial charge is 0.0984 e. The molecule has 0 nitrogen and oxygen atoms in total. The topological polar surface area (TPSA) is 0 Å². The van der Waals surface area contributed by atoms with Crippen molar-refractivity contribution < 1.29 is 0 Å². The third kappa shape index (κ3) is 2.16. The molecule has 0 unspecified atom stereocenters. The van der Waals surface area contributed by atoms with Crippen molar-refractivity contribution in [1.29, 1.82) is 0 Å². The average molecular weight is 224 g/mol. The van der Waals surface area contributed by atoms with E-state index >= 15 is 0 Å². The van der Waals surface area contributed by atoms with E-state index in [9.17, 15) is 0 Å². The summed E-state index contributed by atoms with van der Waals surface area (Å²) in [7, 11) is 0. The standard InChI is InChI=1S/C16H16.CH4/c1-5-13-10-14-8-7-11(3)9-16(14)12(4)15(13)6-2;/h5-10H,1-2H2,3-4H3;1H4. The second kappa shape index (κ2) is 5.01. The quantitative estimate of drug-likeness (QED) is 0.642. The fraction of sp³-hybridized carbons (Fsp3) is 0.176. The van der Waals surface area contributed by atoms with E-state index < -0.39 is 0 Å². The molecule has 0 aliphatic heterocycles. The summed E-state index contributed by atoms with van der Waals surface area (Å²) < 4.78 is 0. The van der Waals surface area contributed by atoms with Crippen molar-refractivity contribution in [2.24, 2.45) is 0 Å². The lowest BCUT2D eigenvalue weighted by Gasteiger charge is -2.11. The molecule has 0 atom stereocenters. The van der Waals surface area contributed by atoms with E-state index in [0.717, 1.165) is 5.56 Å². The molecule has 0 N–H and O–H groups in total. The van der Waals surface area contributed by atoms with Gasteiger partial charge in [0.15, 0.2) is 0 Å². The van der Waals surface area contributed by atoms with Crippen LogP contribution in [0.5, 0.6) is 0 Å². The number of benzene rings is 2. The highest BCUT2D eigenvalue weighted by Crippen LogP contribution is 2.27. The summed E-state index contributed by atoms with van der Waals surface area (Å²) in [5, 5.41) is 2.57. The third-order valence-corrected chi connectivity index (χ3v) is 3.06. The smallest absolute Gasteiger partial charge is 0.0146 e. The van der Waals surface area contributed by atoms with Crippen LogP contribution in [-0.2, 0) is 0 Å². The predicted octanol–water partition coefficient (Wildman–Crippen LogP) is 5.38. The first-order valence-electron chi connectivity index (χ1n) is 5.46. The Labute approximate surface area is 104 Å². The Morgan fingerprint density at radius 1 is 1.00 bits per heavy atom. The van der Waals surface area contributed by atoms with Gasteiger partial charge in [-0.05, 0) is 47.4 Å². The third-order valence-electron chi connectivity index (χ3n) is 3.06. The van der Waals surface area contributed by atoms with Crippen molar-refractivity contribution >= 4 is 22.9 Å². The summed E-state index contributed by atoms with van der Waals surface area (Å²) in [5.74, 6) is 0. The minimum absolute atomic E-state index is 0. The zero-order valence-corrected chi connectivity index (χ0v) is 9.88. The Balaban J connectivity index is 0.00000144. The van der Waals surface area contributed by atoms with Crippen molar-refractivity contribution in [3.63, 3.8) is 0 Å². The first-order chi connectivity index (χ1) is 7.67. The van der Waals surface area contributed by atoms with Crippen LogP contribution < -0.4 is 0 Å². The maximum atomic E-state index is 3.88. The summed E-state index contributed by atoms with van der Waals surface area (Å²) in [5.41, 5.74) is 4.92. The van der Waals surface area contributed by atoms with E-state index in [0.29, 0.717) is 0 Å². The molecule has 2 aromatic rings. The fourth-order valence-corrected chi connectivity index (χ4v) is 2.17. The van der Waals surface area contributed by atoms with Gasteiger partial charge in [-0.3, -0.25) is 0 Å². The molecule has 2 rings (SSSR count). The molecule has 0 bridgehead atoms. The summed E-state index contributed by atoms with van der Waals surface area (Å²) in [4.78, 5) is 0. The van der Waals surface area contributed by atoms with Crippen LogP contribution >= 0.6 is 0 Å². The molecule has 0 fully saturated rings. The van der Waals surface area contributed by atoms with Gasteiger partial charge in [0.25, 0.3) is 0 Å². The van der Waals surface area contributed by atoms with Crippen LogP contribution in [0.4, 0.5) is 0 Å². The van der Waals surface area contributed by atoms with Crippen LogP contribution in [0, 0.1) is 13.8 Å². The Kier molecular flexibility index (Phi) is 3.90. The molecule has 0 radical (unpaired) electrons. The molecular formula is C17H20. The molecular weight excluding hydrogens is 204 g/mol. The minimum atomic E-state index is 0. The van der Waals surface area contributed by atoms with Crippen LogP contribution in [-0.4, -0.2) is 0 Å². The molecule has 88 valence electrons. The molecule has 0 aromatic heterocycles. The lowest BCUT2D eigenvalue weighted by molar-refractivity contribution is 1.45. The lowest BCUT2D eigenvalue weighted by atomic mass is 9.94. The molecule has 0 amide bonds. The van der Waals surface area contributed by atoms with Crippen molar-refractivity contribution in [3.05, 3.63) is 59.7 Å². The fourth-order valence-electron chi connectivity index (χ4n) is 2.17. The average Bonchev–Trinajstić information content (AvgIpc) is 2.29. The number of fused-ring (bicyclic) bond motifs is 1. The SMILES string of the molecule is C.C=Cc1cc2ccc(C)cc2c(C)c1C=C. The van der Waals surface area contributed by atoms with Gasteiger partial charge in [-0.1, -0.05) is 56.5 Å². The van der Waals surface area contributed by atoms with Crippen molar-refractivity contribution in [1.82, 2.24) is 0 Å². The van der Waals surface area contributed by atoms with E-state index in [4.69, 9.17) is 0 Å². The molecule has 0 saturated heterocycles. The van der Waals surface area contributed by atoms with Gasteiger partial charge in [-0.15, -0.1) is 0 Å². The number of hydrogen-bond acceptors (Lipinski definition) is 0. The van der Waals surface area contributed by atoms with E-state index in [2.05, 4.69) is 51.3 Å². The minimum Gasteiger partial charge on any atom is -0.0984 e. The number of aryl methyl sites for hydroxylation is 2. The highest BCUT2D eigenvalue weighted by Gasteiger charge is 2.05. The molecule has 2 aromatic carbocycles. The van der Waals surface area contributed by atoms with Gasteiger partial charge in [0.2, 0.25) is 0 Å². The molecule has 17 heavy (non-hydrogen) atoms. The van der Waals surface area contributed by atoms with E-state index in [1.807, 2.05) is 12.2 Å². The lowest BCUT2D eigenvalue weighted by Crippen LogP contribution is -1.89. The first-order valence-corrected chi connectivity index (χ1v) is 5.46. The Hall–Kier alpha value is -1.82. The molecule has 0 spiro atoms. The maximum absolute atomic E-state index is 3.88. The Bertz CT molecular complexity index is 574. The van der Waals surface area contributed by atoms with E-state index in [1.54, 1.807) is 0 Å². The van der Waals surface area contributed by atoms with Gasteiger partial charge in [0.05, 0.1) is 0 Å². The molecule has 0 aliphatic carbocycles. The first kappa shape index (κ1) is 13.2. The zero-order valence-electron chi connectivity index (χ0n) is 9.88. The molecule has 0 aliphatic rings. The van der Waals surface area contributed by atoms with E-state index in [-0.39, 0.29) is 7.43 Å². The second-order valence-corrected chi connectivity index (χ2v) is 4.14. The van der Waals surface area contributed by atoms with Crippen LogP contribution in [0.2, 0.25) is 0 Å². The monoisotopic (exact) mass is 224 g/mol. The van der Waals surface area contributed by atoms with Crippen LogP contribution in [0.25, 0.3) is 22.9 Å². The number of rotatable bonds is 2. The number of hydrogen-bond donors (Lipinski definition) is 0. The highest BCUT2D eigenvalue weighted by molar-refractivity contribution is 5.92. The van der Waals surface area contributed by atoms with Crippen molar-refractivity contribution in [2.45, 2.75) is 21.3 Å². The summed E-state index contributed by atoms with van der Waals surface area (Å²) in [6.45, 7) is 12.0. The van der Waals surface area contributed by atoms with Gasteiger partial charge < -0.3 is 0 Å². The molecule has 0 saturated carbocycles. The zero-order chi connectivity index (χ0) is 11.7. The van der Waals surface area contributed by atoms with Crippen molar-refractivity contribution in [3.8, 4) is 0 Å². The van der Waals surface area contributed by atoms with Gasteiger partial charge in [-0.25, -0.2) is 0 Å². The highest BCUT2D eigenvalue weighted by atomic mass is 14.1. The Morgan fingerprint density at radius 2 is 1.71 bits per heavy atom. The predicted molar refractivity (Wildman–Crippen MR) is 80.3 cm³/mol. The summed E-state index contributed by atoms with van der Waals surface area (Å²) in [6.07, 6.45) is 3.80. The summed E-state index contributed by atoms with van der Waals surface area (Å²) >= 11 is 0. The van der Waals surface area contributed by atoms with Crippen LogP contribution in [0.3, 0.4) is 0 Å². The van der Waals surface area contributed by atoms with Crippen molar-refractivity contribution in [2.75, 3.05) is 0 Å². The Morgan fingerprint density at radius 3 is 2.29 bits per heavy atom. The van der Waals surface area contributed by atoms with Crippen LogP contribution in [0.1, 0.15) is 29.7 Å². The molecule has 0 heterocycles. The van der Waals surface area contributed by atoms with Crippen LogP contribution in [0.15, 0.2) is 37.4 Å². The van der Waals surface area contributed by atoms with Gasteiger partial charge in [0.1, 0.15) is 0 Å². The van der Waals surface area contributed by atoms with Gasteiger partial charge in [0, 0.05) is 0 Å². The van der Waals surface area contributed by atoms with E-state index in [1.165, 1.54) is 27.5 Å². The van der Waals surface area contributed by atoms with Gasteiger partial charge in [-0.2, -0.15) is 0 Å². The normalized spacial score (nSPS) is 9.76. The summed E-state index contributed by atoms with van der Waals surface area (Å²) in [6, 6.07) is 8.70. The maximum Gasteiger partial charge on any atom is -0.0146 e. The molecule has 0 heteroatoms. The second-order valence-electron chi connectivity index (χ2n) is 4.14. The van der Waals surface area contributed by atoms with Gasteiger partial charge >= 0.3 is 0 Å².